The minimum Gasteiger partial charge on any atom is -0.334 e. The van der Waals surface area contributed by atoms with Crippen LogP contribution in [0.5, 0.6) is 0 Å². The van der Waals surface area contributed by atoms with Gasteiger partial charge in [-0.2, -0.15) is 5.10 Å². The van der Waals surface area contributed by atoms with E-state index in [0.29, 0.717) is 25.9 Å². The van der Waals surface area contributed by atoms with E-state index >= 15 is 0 Å². The van der Waals surface area contributed by atoms with E-state index in [-0.39, 0.29) is 11.6 Å². The van der Waals surface area contributed by atoms with Gasteiger partial charge in [0.2, 0.25) is 0 Å². The molecule has 0 saturated carbocycles. The van der Waals surface area contributed by atoms with Crippen molar-refractivity contribution in [1.29, 1.82) is 0 Å². The first-order valence-corrected chi connectivity index (χ1v) is 9.28. The van der Waals surface area contributed by atoms with Gasteiger partial charge in [0.05, 0.1) is 5.69 Å². The summed E-state index contributed by atoms with van der Waals surface area (Å²) in [6.45, 7) is 1.75. The standard InChI is InChI=1S/C17H21F2N7O2/c1-24-9-11(13(23-24)14(18)19)20-16(27)17(28)25-7-4-10(5-8-25)15-22-21-12-3-2-6-26(12)15/h9-10,14H,2-8H2,1H3,(H,20,27). The molecule has 2 aromatic heterocycles. The number of aryl methyl sites for hydroxylation is 2. The molecule has 9 nitrogen and oxygen atoms in total. The number of aromatic nitrogens is 5. The number of hydrogen-bond donors (Lipinski definition) is 1. The van der Waals surface area contributed by atoms with Gasteiger partial charge in [-0.25, -0.2) is 8.78 Å². The molecule has 2 amide bonds. The summed E-state index contributed by atoms with van der Waals surface area (Å²) in [5.41, 5.74) is -0.701. The van der Waals surface area contributed by atoms with E-state index in [2.05, 4.69) is 25.2 Å². The zero-order valence-corrected chi connectivity index (χ0v) is 15.4. The smallest absolute Gasteiger partial charge is 0.314 e. The van der Waals surface area contributed by atoms with E-state index < -0.39 is 23.9 Å². The number of anilines is 1. The maximum absolute atomic E-state index is 13.0. The highest BCUT2D eigenvalue weighted by Crippen LogP contribution is 2.30. The van der Waals surface area contributed by atoms with Crippen molar-refractivity contribution in [2.75, 3.05) is 18.4 Å². The second-order valence-corrected chi connectivity index (χ2v) is 7.15. The van der Waals surface area contributed by atoms with Crippen LogP contribution in [0.2, 0.25) is 0 Å². The van der Waals surface area contributed by atoms with Crippen LogP contribution in [-0.2, 0) is 29.6 Å². The Bertz CT molecular complexity index is 899. The van der Waals surface area contributed by atoms with Crippen molar-refractivity contribution < 1.29 is 18.4 Å². The normalized spacial score (nSPS) is 17.2. The van der Waals surface area contributed by atoms with Crippen molar-refractivity contribution in [3.05, 3.63) is 23.5 Å². The second kappa shape index (κ2) is 7.28. The summed E-state index contributed by atoms with van der Waals surface area (Å²) in [5, 5.41) is 14.4. The molecule has 1 N–H and O–H groups in total. The molecular formula is C17H21F2N7O2. The third-order valence-electron chi connectivity index (χ3n) is 5.29. The Labute approximate surface area is 159 Å². The maximum atomic E-state index is 13.0. The molecule has 1 fully saturated rings. The van der Waals surface area contributed by atoms with Crippen LogP contribution >= 0.6 is 0 Å². The van der Waals surface area contributed by atoms with Crippen molar-refractivity contribution in [3.63, 3.8) is 0 Å². The number of likely N-dealkylation sites (tertiary alicyclic amines) is 1. The quantitative estimate of drug-likeness (QED) is 0.792. The molecule has 1 saturated heterocycles. The predicted octanol–water partition coefficient (Wildman–Crippen LogP) is 1.24. The molecule has 150 valence electrons. The number of halogens is 2. The molecule has 2 aliphatic heterocycles. The summed E-state index contributed by atoms with van der Waals surface area (Å²) < 4.78 is 29.3. The lowest BCUT2D eigenvalue weighted by molar-refractivity contribution is -0.143. The first-order chi connectivity index (χ1) is 13.4. The SMILES string of the molecule is Cn1cc(NC(=O)C(=O)N2CCC(c3nnc4n3CCC4)CC2)c(C(F)F)n1. The van der Waals surface area contributed by atoms with E-state index in [1.165, 1.54) is 22.8 Å². The van der Waals surface area contributed by atoms with Gasteiger partial charge in [-0.3, -0.25) is 14.3 Å². The summed E-state index contributed by atoms with van der Waals surface area (Å²) in [4.78, 5) is 26.1. The molecule has 0 radical (unpaired) electrons. The highest BCUT2D eigenvalue weighted by molar-refractivity contribution is 6.39. The molecule has 4 rings (SSSR count). The molecule has 0 unspecified atom stereocenters. The summed E-state index contributed by atoms with van der Waals surface area (Å²) in [6, 6.07) is 0. The Morgan fingerprint density at radius 3 is 2.68 bits per heavy atom. The largest absolute Gasteiger partial charge is 0.334 e. The fourth-order valence-corrected chi connectivity index (χ4v) is 3.90. The van der Waals surface area contributed by atoms with E-state index in [0.717, 1.165) is 31.0 Å². The molecule has 0 spiro atoms. The van der Waals surface area contributed by atoms with Gasteiger partial charge < -0.3 is 14.8 Å². The Balaban J connectivity index is 1.36. The first kappa shape index (κ1) is 18.5. The van der Waals surface area contributed by atoms with Crippen molar-refractivity contribution in [2.24, 2.45) is 7.05 Å². The van der Waals surface area contributed by atoms with E-state index in [9.17, 15) is 18.4 Å². The third-order valence-corrected chi connectivity index (χ3v) is 5.29. The van der Waals surface area contributed by atoms with Crippen molar-refractivity contribution in [3.8, 4) is 0 Å². The van der Waals surface area contributed by atoms with Gasteiger partial charge in [0.25, 0.3) is 6.43 Å². The third kappa shape index (κ3) is 3.36. The van der Waals surface area contributed by atoms with Crippen molar-refractivity contribution in [1.82, 2.24) is 29.4 Å². The zero-order valence-electron chi connectivity index (χ0n) is 15.4. The van der Waals surface area contributed by atoms with Crippen LogP contribution < -0.4 is 5.32 Å². The van der Waals surface area contributed by atoms with Gasteiger partial charge in [-0.15, -0.1) is 10.2 Å². The first-order valence-electron chi connectivity index (χ1n) is 9.28. The maximum Gasteiger partial charge on any atom is 0.314 e. The summed E-state index contributed by atoms with van der Waals surface area (Å²) >= 11 is 0. The topological polar surface area (TPSA) is 97.9 Å². The lowest BCUT2D eigenvalue weighted by Crippen LogP contribution is -2.44. The molecule has 4 heterocycles. The van der Waals surface area contributed by atoms with Crippen LogP contribution in [0, 0.1) is 0 Å². The predicted molar refractivity (Wildman–Crippen MR) is 93.7 cm³/mol. The molecular weight excluding hydrogens is 372 g/mol. The molecule has 0 bridgehead atoms. The van der Waals surface area contributed by atoms with Crippen LogP contribution in [0.1, 0.15) is 48.9 Å². The van der Waals surface area contributed by atoms with Crippen LogP contribution in [-0.4, -0.2) is 54.3 Å². The molecule has 0 aliphatic carbocycles. The second-order valence-electron chi connectivity index (χ2n) is 7.15. The number of fused-ring (bicyclic) bond motifs is 1. The Morgan fingerprint density at radius 2 is 1.96 bits per heavy atom. The van der Waals surface area contributed by atoms with Gasteiger partial charge in [-0.05, 0) is 19.3 Å². The van der Waals surface area contributed by atoms with E-state index in [1.807, 2.05) is 0 Å². The number of rotatable bonds is 3. The number of carbonyl (C=O) groups excluding carboxylic acids is 2. The number of alkyl halides is 2. The number of carbonyl (C=O) groups is 2. The lowest BCUT2D eigenvalue weighted by atomic mass is 9.96. The lowest BCUT2D eigenvalue weighted by Gasteiger charge is -2.31. The van der Waals surface area contributed by atoms with Crippen LogP contribution in [0.4, 0.5) is 14.5 Å². The summed E-state index contributed by atoms with van der Waals surface area (Å²) in [5.74, 6) is 0.515. The monoisotopic (exact) mass is 393 g/mol. The van der Waals surface area contributed by atoms with Gasteiger partial charge in [-0.1, -0.05) is 0 Å². The van der Waals surface area contributed by atoms with Gasteiger partial charge >= 0.3 is 11.8 Å². The molecule has 0 aromatic carbocycles. The Kier molecular flexibility index (Phi) is 4.82. The van der Waals surface area contributed by atoms with Gasteiger partial charge in [0.1, 0.15) is 11.6 Å². The number of nitrogens with one attached hydrogen (secondary N) is 1. The highest BCUT2D eigenvalue weighted by Gasteiger charge is 2.32. The molecule has 0 atom stereocenters. The molecule has 2 aromatic rings. The fourth-order valence-electron chi connectivity index (χ4n) is 3.90. The van der Waals surface area contributed by atoms with Gasteiger partial charge in [0.15, 0.2) is 5.69 Å². The van der Waals surface area contributed by atoms with Gasteiger partial charge in [0, 0.05) is 45.2 Å². The number of amides is 2. The summed E-state index contributed by atoms with van der Waals surface area (Å²) in [6.07, 6.45) is 1.81. The summed E-state index contributed by atoms with van der Waals surface area (Å²) in [7, 11) is 1.47. The average Bonchev–Trinajstić information content (AvgIpc) is 3.37. The molecule has 2 aliphatic rings. The average molecular weight is 393 g/mol. The van der Waals surface area contributed by atoms with Crippen LogP contribution in [0.25, 0.3) is 0 Å². The molecule has 28 heavy (non-hydrogen) atoms. The van der Waals surface area contributed by atoms with Crippen LogP contribution in [0.3, 0.4) is 0 Å². The highest BCUT2D eigenvalue weighted by atomic mass is 19.3. The fraction of sp³-hybridized carbons (Fsp3) is 0.588. The van der Waals surface area contributed by atoms with Crippen molar-refractivity contribution in [2.45, 2.75) is 44.6 Å². The minimum atomic E-state index is -2.84. The number of nitrogens with zero attached hydrogens (tertiary/aromatic N) is 6. The Morgan fingerprint density at radius 1 is 1.21 bits per heavy atom. The minimum absolute atomic E-state index is 0.148. The van der Waals surface area contributed by atoms with Crippen LogP contribution in [0.15, 0.2) is 6.20 Å². The number of hydrogen-bond acceptors (Lipinski definition) is 5. The zero-order chi connectivity index (χ0) is 19.8. The van der Waals surface area contributed by atoms with E-state index in [1.54, 1.807) is 0 Å². The van der Waals surface area contributed by atoms with E-state index in [4.69, 9.17) is 0 Å². The number of piperidine rings is 1. The molecule has 11 heteroatoms. The van der Waals surface area contributed by atoms with Crippen molar-refractivity contribution >= 4 is 17.5 Å². The Hall–Kier alpha value is -2.85.